The maximum atomic E-state index is 11.7. The summed E-state index contributed by atoms with van der Waals surface area (Å²) in [5.41, 5.74) is -0.443. The average Bonchev–Trinajstić information content (AvgIpc) is 2.23. The third kappa shape index (κ3) is 2.79. The normalized spacial score (nSPS) is 10.5. The number of hydrogen-bond donors (Lipinski definition) is 1. The van der Waals surface area contributed by atoms with E-state index in [0.717, 1.165) is 13.0 Å². The average molecular weight is 211 g/mol. The maximum Gasteiger partial charge on any atom is 0.330 e. The van der Waals surface area contributed by atoms with E-state index in [-0.39, 0.29) is 11.2 Å². The highest BCUT2D eigenvalue weighted by Crippen LogP contribution is 1.82. The molecule has 84 valence electrons. The second-order valence-electron chi connectivity index (χ2n) is 3.33. The number of hydrogen-bond acceptors (Lipinski definition) is 3. The fraction of sp³-hybridized carbons (Fsp3) is 0.600. The molecular formula is C10H17N3O2. The summed E-state index contributed by atoms with van der Waals surface area (Å²) in [5, 5.41) is 2.98. The van der Waals surface area contributed by atoms with E-state index >= 15 is 0 Å². The first-order valence-electron chi connectivity index (χ1n) is 5.15. The fourth-order valence-corrected chi connectivity index (χ4v) is 1.42. The molecule has 0 aliphatic rings. The lowest BCUT2D eigenvalue weighted by Crippen LogP contribution is -2.39. The Balaban J connectivity index is 2.95. The van der Waals surface area contributed by atoms with Crippen LogP contribution in [0.1, 0.15) is 13.3 Å². The summed E-state index contributed by atoms with van der Waals surface area (Å²) < 4.78 is 2.81. The number of aryl methyl sites for hydroxylation is 1. The Bertz CT molecular complexity index is 419. The highest BCUT2D eigenvalue weighted by atomic mass is 16.2. The predicted molar refractivity (Wildman–Crippen MR) is 59.2 cm³/mol. The van der Waals surface area contributed by atoms with E-state index in [4.69, 9.17) is 0 Å². The molecule has 15 heavy (non-hydrogen) atoms. The van der Waals surface area contributed by atoms with Gasteiger partial charge in [-0.15, -0.1) is 0 Å². The smallest absolute Gasteiger partial charge is 0.320 e. The van der Waals surface area contributed by atoms with Crippen LogP contribution in [0, 0.1) is 0 Å². The van der Waals surface area contributed by atoms with Crippen LogP contribution in [0.4, 0.5) is 0 Å². The van der Waals surface area contributed by atoms with Crippen LogP contribution in [0.3, 0.4) is 0 Å². The van der Waals surface area contributed by atoms with Gasteiger partial charge in [-0.1, -0.05) is 0 Å². The molecule has 1 aromatic heterocycles. The van der Waals surface area contributed by atoms with Crippen molar-refractivity contribution >= 4 is 0 Å². The lowest BCUT2D eigenvalue weighted by Gasteiger charge is -2.07. The molecule has 1 aromatic rings. The van der Waals surface area contributed by atoms with Gasteiger partial charge < -0.3 is 9.88 Å². The Kier molecular flexibility index (Phi) is 4.30. The number of aromatic nitrogens is 2. The summed E-state index contributed by atoms with van der Waals surface area (Å²) in [7, 11) is 1.85. The van der Waals surface area contributed by atoms with Gasteiger partial charge in [-0.2, -0.15) is 0 Å². The minimum atomic E-state index is -0.221. The molecular weight excluding hydrogens is 194 g/mol. The third-order valence-corrected chi connectivity index (χ3v) is 2.29. The van der Waals surface area contributed by atoms with E-state index in [1.807, 2.05) is 14.0 Å². The molecule has 0 aliphatic heterocycles. The van der Waals surface area contributed by atoms with Gasteiger partial charge in [-0.25, -0.2) is 4.79 Å². The van der Waals surface area contributed by atoms with Gasteiger partial charge in [0.2, 0.25) is 0 Å². The van der Waals surface area contributed by atoms with Gasteiger partial charge in [-0.3, -0.25) is 9.36 Å². The molecule has 0 atom stereocenters. The number of rotatable bonds is 5. The first-order valence-corrected chi connectivity index (χ1v) is 5.15. The molecule has 0 amide bonds. The van der Waals surface area contributed by atoms with Crippen LogP contribution in [0.15, 0.2) is 21.9 Å². The van der Waals surface area contributed by atoms with Crippen LogP contribution in [-0.2, 0) is 13.1 Å². The summed E-state index contributed by atoms with van der Waals surface area (Å²) in [6, 6.07) is 1.43. The molecule has 0 saturated carbocycles. The molecule has 0 saturated heterocycles. The van der Waals surface area contributed by atoms with Gasteiger partial charge in [0.1, 0.15) is 0 Å². The van der Waals surface area contributed by atoms with Crippen molar-refractivity contribution in [3.05, 3.63) is 33.1 Å². The predicted octanol–water partition coefficient (Wildman–Crippen LogP) is -0.361. The van der Waals surface area contributed by atoms with Crippen LogP contribution in [0.2, 0.25) is 0 Å². The number of nitrogens with one attached hydrogen (secondary N) is 1. The van der Waals surface area contributed by atoms with Crippen LogP contribution in [0.5, 0.6) is 0 Å². The van der Waals surface area contributed by atoms with E-state index in [9.17, 15) is 9.59 Å². The molecule has 1 rings (SSSR count). The second kappa shape index (κ2) is 5.50. The molecule has 5 nitrogen and oxygen atoms in total. The molecule has 1 N–H and O–H groups in total. The standard InChI is InChI=1S/C10H17N3O2/c1-3-12-8-5-9(14)13(10(12)15)7-4-6-11-2/h5,8,11H,3-4,6-7H2,1-2H3. The monoisotopic (exact) mass is 211 g/mol. The molecule has 0 aromatic carbocycles. The molecule has 0 unspecified atom stereocenters. The Morgan fingerprint density at radius 2 is 2.13 bits per heavy atom. The van der Waals surface area contributed by atoms with E-state index in [1.165, 1.54) is 15.2 Å². The van der Waals surface area contributed by atoms with E-state index < -0.39 is 0 Å². The second-order valence-corrected chi connectivity index (χ2v) is 3.33. The molecule has 5 heteroatoms. The first kappa shape index (κ1) is 11.7. The van der Waals surface area contributed by atoms with E-state index in [1.54, 1.807) is 6.20 Å². The van der Waals surface area contributed by atoms with Crippen molar-refractivity contribution in [3.8, 4) is 0 Å². The minimum absolute atomic E-state index is 0.221. The van der Waals surface area contributed by atoms with Crippen molar-refractivity contribution in [1.82, 2.24) is 14.5 Å². The van der Waals surface area contributed by atoms with Gasteiger partial charge in [0, 0.05) is 25.4 Å². The lowest BCUT2D eigenvalue weighted by atomic mass is 10.4. The zero-order valence-electron chi connectivity index (χ0n) is 9.19. The Morgan fingerprint density at radius 3 is 2.73 bits per heavy atom. The van der Waals surface area contributed by atoms with Gasteiger partial charge in [-0.05, 0) is 26.9 Å². The van der Waals surface area contributed by atoms with Gasteiger partial charge in [0.15, 0.2) is 0 Å². The van der Waals surface area contributed by atoms with E-state index in [2.05, 4.69) is 5.32 Å². The molecule has 0 fully saturated rings. The van der Waals surface area contributed by atoms with Crippen molar-refractivity contribution < 1.29 is 0 Å². The molecule has 1 heterocycles. The quantitative estimate of drug-likeness (QED) is 0.677. The highest BCUT2D eigenvalue weighted by molar-refractivity contribution is 4.86. The third-order valence-electron chi connectivity index (χ3n) is 2.29. The summed E-state index contributed by atoms with van der Waals surface area (Å²) >= 11 is 0. The summed E-state index contributed by atoms with van der Waals surface area (Å²) in [6.45, 7) is 3.74. The summed E-state index contributed by atoms with van der Waals surface area (Å²) in [6.07, 6.45) is 2.32. The molecule has 0 aliphatic carbocycles. The van der Waals surface area contributed by atoms with Gasteiger partial charge >= 0.3 is 5.69 Å². The van der Waals surface area contributed by atoms with Crippen LogP contribution >= 0.6 is 0 Å². The summed E-state index contributed by atoms with van der Waals surface area (Å²) in [4.78, 5) is 23.2. The van der Waals surface area contributed by atoms with Gasteiger partial charge in [0.05, 0.1) is 0 Å². The maximum absolute atomic E-state index is 11.7. The zero-order chi connectivity index (χ0) is 11.3. The summed E-state index contributed by atoms with van der Waals surface area (Å²) in [5.74, 6) is 0. The van der Waals surface area contributed by atoms with Crippen molar-refractivity contribution in [3.63, 3.8) is 0 Å². The van der Waals surface area contributed by atoms with Crippen LogP contribution < -0.4 is 16.6 Å². The molecule has 0 bridgehead atoms. The van der Waals surface area contributed by atoms with Crippen molar-refractivity contribution in [1.29, 1.82) is 0 Å². The topological polar surface area (TPSA) is 56.0 Å². The highest BCUT2D eigenvalue weighted by Gasteiger charge is 2.02. The molecule has 0 radical (unpaired) electrons. The SMILES string of the molecule is CCn1ccc(=O)n(CCCNC)c1=O. The molecule has 0 spiro atoms. The van der Waals surface area contributed by atoms with Gasteiger partial charge in [0.25, 0.3) is 5.56 Å². The van der Waals surface area contributed by atoms with E-state index in [0.29, 0.717) is 13.1 Å². The Hall–Kier alpha value is -1.36. The van der Waals surface area contributed by atoms with Crippen molar-refractivity contribution in [2.24, 2.45) is 0 Å². The largest absolute Gasteiger partial charge is 0.330 e. The fourth-order valence-electron chi connectivity index (χ4n) is 1.42. The van der Waals surface area contributed by atoms with Crippen LogP contribution in [-0.4, -0.2) is 22.7 Å². The Morgan fingerprint density at radius 1 is 1.40 bits per heavy atom. The Labute approximate surface area is 88.4 Å². The minimum Gasteiger partial charge on any atom is -0.320 e. The first-order chi connectivity index (χ1) is 7.20. The zero-order valence-corrected chi connectivity index (χ0v) is 9.19. The van der Waals surface area contributed by atoms with Crippen molar-refractivity contribution in [2.45, 2.75) is 26.4 Å². The lowest BCUT2D eigenvalue weighted by molar-refractivity contribution is 0.535. The van der Waals surface area contributed by atoms with Crippen LogP contribution in [0.25, 0.3) is 0 Å². The van der Waals surface area contributed by atoms with Crippen molar-refractivity contribution in [2.75, 3.05) is 13.6 Å². The number of nitrogens with zero attached hydrogens (tertiary/aromatic N) is 2.